The van der Waals surface area contributed by atoms with Crippen LogP contribution in [-0.4, -0.2) is 29.1 Å². The maximum absolute atomic E-state index is 12.5. The largest absolute Gasteiger partial charge is 0.341 e. The second-order valence-corrected chi connectivity index (χ2v) is 8.03. The monoisotopic (exact) mass is 382 g/mol. The van der Waals surface area contributed by atoms with E-state index < -0.39 is 0 Å². The van der Waals surface area contributed by atoms with E-state index in [2.05, 4.69) is 60.6 Å². The molecular formula is C21H22N2OS2. The second kappa shape index (κ2) is 8.52. The molecule has 0 saturated carbocycles. The summed E-state index contributed by atoms with van der Waals surface area (Å²) in [7, 11) is 1.85. The minimum atomic E-state index is 0.0834. The third-order valence-electron chi connectivity index (χ3n) is 4.15. The molecule has 0 unspecified atom stereocenters. The van der Waals surface area contributed by atoms with Crippen molar-refractivity contribution in [3.8, 4) is 10.6 Å². The molecule has 0 aliphatic carbocycles. The van der Waals surface area contributed by atoms with Gasteiger partial charge in [-0.2, -0.15) is 0 Å². The van der Waals surface area contributed by atoms with Gasteiger partial charge in [-0.3, -0.25) is 4.79 Å². The fourth-order valence-electron chi connectivity index (χ4n) is 2.68. The van der Waals surface area contributed by atoms with Crippen molar-refractivity contribution < 1.29 is 4.79 Å². The van der Waals surface area contributed by atoms with Crippen molar-refractivity contribution in [3.63, 3.8) is 0 Å². The molecule has 0 saturated heterocycles. The van der Waals surface area contributed by atoms with Crippen LogP contribution in [0.1, 0.15) is 16.8 Å². The number of benzene rings is 2. The number of rotatable bonds is 6. The number of thiazole rings is 1. The van der Waals surface area contributed by atoms with Crippen molar-refractivity contribution in [1.82, 2.24) is 9.88 Å². The first-order valence-corrected chi connectivity index (χ1v) is 10.5. The minimum Gasteiger partial charge on any atom is -0.341 e. The molecule has 1 aromatic heterocycles. The quantitative estimate of drug-likeness (QED) is 0.560. The van der Waals surface area contributed by atoms with Gasteiger partial charge < -0.3 is 4.90 Å². The highest BCUT2D eigenvalue weighted by Crippen LogP contribution is 2.25. The lowest BCUT2D eigenvalue weighted by Crippen LogP contribution is -2.27. The molecule has 3 nitrogen and oxygen atoms in total. The third kappa shape index (κ3) is 4.74. The van der Waals surface area contributed by atoms with Crippen LogP contribution in [0.5, 0.6) is 0 Å². The van der Waals surface area contributed by atoms with Crippen LogP contribution >= 0.6 is 23.1 Å². The summed E-state index contributed by atoms with van der Waals surface area (Å²) in [5.41, 5.74) is 4.29. The van der Waals surface area contributed by atoms with Crippen LogP contribution in [0, 0.1) is 6.92 Å². The van der Waals surface area contributed by atoms with Gasteiger partial charge in [-0.25, -0.2) is 4.98 Å². The summed E-state index contributed by atoms with van der Waals surface area (Å²) in [6.07, 6.45) is 2.39. The summed E-state index contributed by atoms with van der Waals surface area (Å²) in [4.78, 5) is 20.2. The Kier molecular flexibility index (Phi) is 6.12. The molecule has 26 heavy (non-hydrogen) atoms. The zero-order valence-electron chi connectivity index (χ0n) is 15.2. The van der Waals surface area contributed by atoms with Crippen LogP contribution in [0.25, 0.3) is 10.6 Å². The van der Waals surface area contributed by atoms with E-state index in [-0.39, 0.29) is 5.91 Å². The fourth-order valence-corrected chi connectivity index (χ4v) is 3.91. The maximum Gasteiger partial charge on any atom is 0.228 e. The van der Waals surface area contributed by atoms with E-state index in [0.717, 1.165) is 21.8 Å². The SMILES string of the molecule is CSc1ccc(CN(C)C(=O)Cc2csc(-c3cccc(C)c3)n2)cc1. The van der Waals surface area contributed by atoms with Gasteiger partial charge in [-0.15, -0.1) is 23.1 Å². The number of carbonyl (C=O) groups is 1. The van der Waals surface area contributed by atoms with Crippen molar-refractivity contribution in [1.29, 1.82) is 0 Å². The number of carbonyl (C=O) groups excluding carboxylic acids is 1. The van der Waals surface area contributed by atoms with Gasteiger partial charge in [-0.05, 0) is 36.9 Å². The number of hydrogen-bond acceptors (Lipinski definition) is 4. The van der Waals surface area contributed by atoms with Crippen LogP contribution in [0.15, 0.2) is 58.8 Å². The Hall–Kier alpha value is -2.11. The standard InChI is InChI=1S/C21H22N2OS2/c1-15-5-4-6-17(11-15)21-22-18(14-26-21)12-20(24)23(2)13-16-7-9-19(25-3)10-8-16/h4-11,14H,12-13H2,1-3H3. The first kappa shape index (κ1) is 18.7. The lowest BCUT2D eigenvalue weighted by atomic mass is 10.1. The summed E-state index contributed by atoms with van der Waals surface area (Å²) in [6.45, 7) is 2.69. The lowest BCUT2D eigenvalue weighted by Gasteiger charge is -2.17. The van der Waals surface area contributed by atoms with Gasteiger partial charge in [0, 0.05) is 29.4 Å². The maximum atomic E-state index is 12.5. The molecule has 0 atom stereocenters. The van der Waals surface area contributed by atoms with Gasteiger partial charge in [0.15, 0.2) is 0 Å². The molecule has 0 N–H and O–H groups in total. The summed E-state index contributed by atoms with van der Waals surface area (Å²) in [6, 6.07) is 16.6. The third-order valence-corrected chi connectivity index (χ3v) is 5.84. The molecule has 3 rings (SSSR count). The van der Waals surface area contributed by atoms with E-state index >= 15 is 0 Å². The lowest BCUT2D eigenvalue weighted by molar-refractivity contribution is -0.129. The molecule has 0 bridgehead atoms. The van der Waals surface area contributed by atoms with Gasteiger partial charge in [0.25, 0.3) is 0 Å². The Morgan fingerprint density at radius 3 is 2.65 bits per heavy atom. The Morgan fingerprint density at radius 2 is 1.96 bits per heavy atom. The number of aromatic nitrogens is 1. The highest BCUT2D eigenvalue weighted by molar-refractivity contribution is 7.98. The Balaban J connectivity index is 1.62. The minimum absolute atomic E-state index is 0.0834. The van der Waals surface area contributed by atoms with Gasteiger partial charge in [-0.1, -0.05) is 35.9 Å². The van der Waals surface area contributed by atoms with Crippen LogP contribution in [0.2, 0.25) is 0 Å². The summed E-state index contributed by atoms with van der Waals surface area (Å²) in [5.74, 6) is 0.0834. The molecule has 0 radical (unpaired) electrons. The van der Waals surface area contributed by atoms with Gasteiger partial charge in [0.1, 0.15) is 5.01 Å². The zero-order chi connectivity index (χ0) is 18.5. The van der Waals surface area contributed by atoms with E-state index in [4.69, 9.17) is 0 Å². The molecule has 5 heteroatoms. The predicted octanol–water partition coefficient (Wildman–Crippen LogP) is 5.04. The normalized spacial score (nSPS) is 10.7. The molecule has 3 aromatic rings. The molecule has 0 fully saturated rings. The van der Waals surface area contributed by atoms with E-state index in [1.807, 2.05) is 18.5 Å². The number of thioether (sulfide) groups is 1. The Bertz CT molecular complexity index is 887. The predicted molar refractivity (Wildman–Crippen MR) is 111 cm³/mol. The Morgan fingerprint density at radius 1 is 1.19 bits per heavy atom. The zero-order valence-corrected chi connectivity index (χ0v) is 16.9. The van der Waals surface area contributed by atoms with Crippen molar-refractivity contribution in [2.45, 2.75) is 24.8 Å². The number of amides is 1. The molecule has 0 aliphatic heterocycles. The van der Waals surface area contributed by atoms with Crippen LogP contribution in [-0.2, 0) is 17.8 Å². The van der Waals surface area contributed by atoms with Gasteiger partial charge >= 0.3 is 0 Å². The molecule has 1 heterocycles. The van der Waals surface area contributed by atoms with E-state index in [0.29, 0.717) is 13.0 Å². The summed E-state index contributed by atoms with van der Waals surface area (Å²) < 4.78 is 0. The molecule has 2 aromatic carbocycles. The van der Waals surface area contributed by atoms with Crippen molar-refractivity contribution >= 4 is 29.0 Å². The summed E-state index contributed by atoms with van der Waals surface area (Å²) >= 11 is 3.31. The van der Waals surface area contributed by atoms with E-state index in [9.17, 15) is 4.79 Å². The topological polar surface area (TPSA) is 33.2 Å². The van der Waals surface area contributed by atoms with Crippen LogP contribution in [0.3, 0.4) is 0 Å². The van der Waals surface area contributed by atoms with E-state index in [1.165, 1.54) is 10.5 Å². The average Bonchev–Trinajstić information content (AvgIpc) is 3.11. The average molecular weight is 383 g/mol. The fraction of sp³-hybridized carbons (Fsp3) is 0.238. The van der Waals surface area contributed by atoms with Gasteiger partial charge in [0.05, 0.1) is 12.1 Å². The van der Waals surface area contributed by atoms with E-state index in [1.54, 1.807) is 28.0 Å². The molecule has 134 valence electrons. The second-order valence-electron chi connectivity index (χ2n) is 6.29. The summed E-state index contributed by atoms with van der Waals surface area (Å²) in [5, 5.41) is 2.95. The molecule has 0 spiro atoms. The van der Waals surface area contributed by atoms with Gasteiger partial charge in [0.2, 0.25) is 5.91 Å². The number of likely N-dealkylation sites (N-methyl/N-ethyl adjacent to an activating group) is 1. The van der Waals surface area contributed by atoms with Crippen LogP contribution in [0.4, 0.5) is 0 Å². The Labute approximate surface area is 163 Å². The van der Waals surface area contributed by atoms with Crippen molar-refractivity contribution in [2.75, 3.05) is 13.3 Å². The van der Waals surface area contributed by atoms with Crippen LogP contribution < -0.4 is 0 Å². The van der Waals surface area contributed by atoms with Crippen molar-refractivity contribution in [2.24, 2.45) is 0 Å². The first-order chi connectivity index (χ1) is 12.5. The molecule has 1 amide bonds. The highest BCUT2D eigenvalue weighted by atomic mass is 32.2. The number of nitrogens with zero attached hydrogens (tertiary/aromatic N) is 2. The molecule has 0 aliphatic rings. The molecular weight excluding hydrogens is 360 g/mol. The number of hydrogen-bond donors (Lipinski definition) is 0. The smallest absolute Gasteiger partial charge is 0.228 e. The van der Waals surface area contributed by atoms with Crippen molar-refractivity contribution in [3.05, 3.63) is 70.7 Å². The number of aryl methyl sites for hydroxylation is 1. The highest BCUT2D eigenvalue weighted by Gasteiger charge is 2.13. The first-order valence-electron chi connectivity index (χ1n) is 8.43.